The number of anilines is 1. The highest BCUT2D eigenvalue weighted by atomic mass is 32.2. The fraction of sp³-hybridized carbons (Fsp3) is 0.375. The largest absolute Gasteiger partial charge is 0.378 e. The van der Waals surface area contributed by atoms with E-state index >= 15 is 0 Å². The van der Waals surface area contributed by atoms with Gasteiger partial charge in [0.25, 0.3) is 15.9 Å². The number of carbonyl (C=O) groups excluding carboxylic acids is 1. The van der Waals surface area contributed by atoms with Gasteiger partial charge in [-0.1, -0.05) is 0 Å². The Morgan fingerprint density at radius 2 is 1.84 bits per heavy atom. The summed E-state index contributed by atoms with van der Waals surface area (Å²) in [6.07, 6.45) is 1.31. The van der Waals surface area contributed by atoms with Gasteiger partial charge in [0.15, 0.2) is 0 Å². The van der Waals surface area contributed by atoms with Crippen LogP contribution in [0.2, 0.25) is 0 Å². The molecule has 25 heavy (non-hydrogen) atoms. The van der Waals surface area contributed by atoms with E-state index in [9.17, 15) is 13.2 Å². The third-order valence-electron chi connectivity index (χ3n) is 4.16. The van der Waals surface area contributed by atoms with E-state index in [1.54, 1.807) is 43.1 Å². The first-order chi connectivity index (χ1) is 11.9. The lowest BCUT2D eigenvalue weighted by Crippen LogP contribution is -2.40. The lowest BCUT2D eigenvalue weighted by molar-refractivity contribution is 0.0303. The number of hydrogen-bond donors (Lipinski definition) is 1. The highest BCUT2D eigenvalue weighted by Crippen LogP contribution is 2.19. The molecule has 1 saturated heterocycles. The van der Waals surface area contributed by atoms with Crippen molar-refractivity contribution in [3.63, 3.8) is 0 Å². The van der Waals surface area contributed by atoms with Crippen LogP contribution in [0, 0.1) is 6.92 Å². The standard InChI is InChI=1S/C16H20N4O4S/c1-12-15(11-17-19(12)2)25(22,23)18-14-5-3-13(4-6-14)16(21)20-7-9-24-10-8-20/h3-6,11,18H,7-10H2,1-2H3. The minimum Gasteiger partial charge on any atom is -0.378 e. The maximum Gasteiger partial charge on any atom is 0.265 e. The molecule has 2 heterocycles. The Bertz CT molecular complexity index is 868. The monoisotopic (exact) mass is 364 g/mol. The molecule has 1 aliphatic heterocycles. The van der Waals surface area contributed by atoms with Crippen LogP contribution in [0.3, 0.4) is 0 Å². The Morgan fingerprint density at radius 1 is 1.20 bits per heavy atom. The van der Waals surface area contributed by atoms with Crippen LogP contribution in [-0.2, 0) is 21.8 Å². The molecule has 1 fully saturated rings. The third-order valence-corrected chi connectivity index (χ3v) is 5.65. The molecule has 0 unspecified atom stereocenters. The molecule has 0 saturated carbocycles. The van der Waals surface area contributed by atoms with Gasteiger partial charge in [-0.15, -0.1) is 0 Å². The van der Waals surface area contributed by atoms with Gasteiger partial charge in [0, 0.05) is 31.4 Å². The number of morpholine rings is 1. The summed E-state index contributed by atoms with van der Waals surface area (Å²) in [5, 5.41) is 3.95. The van der Waals surface area contributed by atoms with Crippen molar-refractivity contribution in [2.45, 2.75) is 11.8 Å². The maximum atomic E-state index is 12.4. The summed E-state index contributed by atoms with van der Waals surface area (Å²) in [4.78, 5) is 14.2. The zero-order valence-electron chi connectivity index (χ0n) is 14.1. The van der Waals surface area contributed by atoms with Gasteiger partial charge in [-0.25, -0.2) is 8.42 Å². The number of rotatable bonds is 4. The van der Waals surface area contributed by atoms with Crippen molar-refractivity contribution in [2.75, 3.05) is 31.0 Å². The van der Waals surface area contributed by atoms with Gasteiger partial charge in [-0.05, 0) is 31.2 Å². The van der Waals surface area contributed by atoms with Crippen molar-refractivity contribution in [1.82, 2.24) is 14.7 Å². The highest BCUT2D eigenvalue weighted by Gasteiger charge is 2.21. The minimum absolute atomic E-state index is 0.0826. The van der Waals surface area contributed by atoms with Gasteiger partial charge in [0.2, 0.25) is 0 Å². The van der Waals surface area contributed by atoms with Crippen LogP contribution in [0.5, 0.6) is 0 Å². The Balaban J connectivity index is 1.74. The summed E-state index contributed by atoms with van der Waals surface area (Å²) in [6.45, 7) is 3.88. The SMILES string of the molecule is Cc1c(S(=O)(=O)Nc2ccc(C(=O)N3CCOCC3)cc2)cnn1C. The molecule has 0 radical (unpaired) electrons. The summed E-state index contributed by atoms with van der Waals surface area (Å²) in [5.41, 5.74) is 1.45. The number of ether oxygens (including phenoxy) is 1. The molecule has 3 rings (SSSR count). The molecule has 8 nitrogen and oxygen atoms in total. The van der Waals surface area contributed by atoms with E-state index in [2.05, 4.69) is 9.82 Å². The first kappa shape index (κ1) is 17.4. The van der Waals surface area contributed by atoms with E-state index in [-0.39, 0.29) is 10.8 Å². The molecular formula is C16H20N4O4S. The summed E-state index contributed by atoms with van der Waals surface area (Å²) < 4.78 is 34.1. The van der Waals surface area contributed by atoms with Gasteiger partial charge < -0.3 is 9.64 Å². The van der Waals surface area contributed by atoms with Crippen molar-refractivity contribution >= 4 is 21.6 Å². The van der Waals surface area contributed by atoms with Gasteiger partial charge in [0.1, 0.15) is 4.90 Å². The smallest absolute Gasteiger partial charge is 0.265 e. The van der Waals surface area contributed by atoms with Crippen molar-refractivity contribution in [1.29, 1.82) is 0 Å². The quantitative estimate of drug-likeness (QED) is 0.874. The lowest BCUT2D eigenvalue weighted by atomic mass is 10.2. The molecule has 2 aromatic rings. The van der Waals surface area contributed by atoms with Gasteiger partial charge in [-0.3, -0.25) is 14.2 Å². The molecule has 1 N–H and O–H groups in total. The number of carbonyl (C=O) groups is 1. The van der Waals surface area contributed by atoms with Crippen LogP contribution >= 0.6 is 0 Å². The molecule has 0 bridgehead atoms. The van der Waals surface area contributed by atoms with Gasteiger partial charge >= 0.3 is 0 Å². The predicted octanol–water partition coefficient (Wildman–Crippen LogP) is 1.00. The van der Waals surface area contributed by atoms with Crippen molar-refractivity contribution in [2.24, 2.45) is 7.05 Å². The Labute approximate surface area is 146 Å². The minimum atomic E-state index is -3.72. The molecule has 1 aromatic carbocycles. The molecule has 1 amide bonds. The summed E-state index contributed by atoms with van der Waals surface area (Å²) in [5.74, 6) is -0.0826. The number of nitrogens with one attached hydrogen (secondary N) is 1. The van der Waals surface area contributed by atoms with Crippen LogP contribution in [0.15, 0.2) is 35.4 Å². The first-order valence-corrected chi connectivity index (χ1v) is 9.35. The Hall–Kier alpha value is -2.39. The highest BCUT2D eigenvalue weighted by molar-refractivity contribution is 7.92. The zero-order chi connectivity index (χ0) is 18.0. The van der Waals surface area contributed by atoms with E-state index in [1.807, 2.05) is 0 Å². The van der Waals surface area contributed by atoms with Crippen LogP contribution in [-0.4, -0.2) is 55.3 Å². The summed E-state index contributed by atoms with van der Waals surface area (Å²) in [6, 6.07) is 6.39. The van der Waals surface area contributed by atoms with Crippen molar-refractivity contribution in [3.8, 4) is 0 Å². The molecule has 134 valence electrons. The Kier molecular flexibility index (Phi) is 4.78. The second kappa shape index (κ2) is 6.85. The van der Waals surface area contributed by atoms with E-state index in [4.69, 9.17) is 4.74 Å². The predicted molar refractivity (Wildman–Crippen MR) is 91.9 cm³/mol. The maximum absolute atomic E-state index is 12.4. The van der Waals surface area contributed by atoms with E-state index in [0.29, 0.717) is 43.2 Å². The average Bonchev–Trinajstić information content (AvgIpc) is 2.95. The van der Waals surface area contributed by atoms with E-state index in [1.165, 1.54) is 10.9 Å². The zero-order valence-corrected chi connectivity index (χ0v) is 14.9. The van der Waals surface area contributed by atoms with E-state index in [0.717, 1.165) is 0 Å². The lowest BCUT2D eigenvalue weighted by Gasteiger charge is -2.26. The molecule has 0 aliphatic carbocycles. The number of hydrogen-bond acceptors (Lipinski definition) is 5. The number of aryl methyl sites for hydroxylation is 1. The first-order valence-electron chi connectivity index (χ1n) is 7.87. The second-order valence-electron chi connectivity index (χ2n) is 5.81. The average molecular weight is 364 g/mol. The molecule has 1 aliphatic rings. The number of benzene rings is 1. The van der Waals surface area contributed by atoms with Crippen LogP contribution in [0.4, 0.5) is 5.69 Å². The fourth-order valence-corrected chi connectivity index (χ4v) is 3.85. The molecule has 0 atom stereocenters. The molecule has 1 aromatic heterocycles. The van der Waals surface area contributed by atoms with Crippen LogP contribution in [0.1, 0.15) is 16.1 Å². The number of sulfonamides is 1. The Morgan fingerprint density at radius 3 is 2.40 bits per heavy atom. The fourth-order valence-electron chi connectivity index (χ4n) is 2.58. The molecule has 9 heteroatoms. The molecule has 0 spiro atoms. The normalized spacial score (nSPS) is 15.2. The van der Waals surface area contributed by atoms with Gasteiger partial charge in [-0.2, -0.15) is 5.10 Å². The number of aromatic nitrogens is 2. The molecular weight excluding hydrogens is 344 g/mol. The van der Waals surface area contributed by atoms with Crippen LogP contribution < -0.4 is 4.72 Å². The number of amides is 1. The van der Waals surface area contributed by atoms with Crippen molar-refractivity contribution < 1.29 is 17.9 Å². The summed E-state index contributed by atoms with van der Waals surface area (Å²) >= 11 is 0. The third kappa shape index (κ3) is 3.67. The van der Waals surface area contributed by atoms with Crippen LogP contribution in [0.25, 0.3) is 0 Å². The van der Waals surface area contributed by atoms with Gasteiger partial charge in [0.05, 0.1) is 25.1 Å². The van der Waals surface area contributed by atoms with Crippen molar-refractivity contribution in [3.05, 3.63) is 41.7 Å². The second-order valence-corrected chi connectivity index (χ2v) is 7.46. The summed E-state index contributed by atoms with van der Waals surface area (Å²) in [7, 11) is -2.04. The topological polar surface area (TPSA) is 93.5 Å². The van der Waals surface area contributed by atoms with E-state index < -0.39 is 10.0 Å². The number of nitrogens with zero attached hydrogens (tertiary/aromatic N) is 3.